The van der Waals surface area contributed by atoms with Gasteiger partial charge in [0.25, 0.3) is 11.2 Å². The molecule has 3 rings (SSSR count). The molecular formula is C17H16N4O4. The average molecular weight is 340 g/mol. The number of fused-ring (bicyclic) bond motifs is 1. The second-order valence-corrected chi connectivity index (χ2v) is 5.47. The zero-order valence-corrected chi connectivity index (χ0v) is 13.5. The smallest absolute Gasteiger partial charge is 0.293 e. The molecule has 0 spiro atoms. The molecule has 3 aromatic rings. The van der Waals surface area contributed by atoms with Gasteiger partial charge >= 0.3 is 0 Å². The van der Waals surface area contributed by atoms with Gasteiger partial charge in [-0.25, -0.2) is 4.98 Å². The second kappa shape index (κ2) is 7.00. The fourth-order valence-electron chi connectivity index (χ4n) is 2.46. The van der Waals surface area contributed by atoms with Crippen molar-refractivity contribution in [2.45, 2.75) is 6.92 Å². The Bertz CT molecular complexity index is 984. The number of rotatable bonds is 6. The number of nitrogens with one attached hydrogen (secondary N) is 2. The molecule has 0 atom stereocenters. The van der Waals surface area contributed by atoms with Crippen LogP contribution in [0.15, 0.2) is 47.5 Å². The van der Waals surface area contributed by atoms with Gasteiger partial charge in [0.05, 0.1) is 22.2 Å². The molecule has 2 N–H and O–H groups in total. The molecule has 8 nitrogen and oxygen atoms in total. The maximum absolute atomic E-state index is 11.8. The predicted molar refractivity (Wildman–Crippen MR) is 94.2 cm³/mol. The maximum Gasteiger partial charge on any atom is 0.293 e. The quantitative estimate of drug-likeness (QED) is 0.405. The second-order valence-electron chi connectivity index (χ2n) is 5.47. The summed E-state index contributed by atoms with van der Waals surface area (Å²) in [5.41, 5.74) is 1.18. The van der Waals surface area contributed by atoms with E-state index in [0.29, 0.717) is 24.4 Å². The molecule has 0 aliphatic rings. The fraction of sp³-hybridized carbons (Fsp3) is 0.176. The highest BCUT2D eigenvalue weighted by Gasteiger charge is 2.16. The molecule has 0 aliphatic carbocycles. The molecule has 0 bridgehead atoms. The number of hydrogen-bond acceptors (Lipinski definition) is 6. The van der Waals surface area contributed by atoms with E-state index in [-0.39, 0.29) is 11.1 Å². The first kappa shape index (κ1) is 16.4. The average Bonchev–Trinajstić information content (AvgIpc) is 2.58. The molecule has 2 aromatic carbocycles. The van der Waals surface area contributed by atoms with E-state index in [2.05, 4.69) is 15.3 Å². The van der Waals surface area contributed by atoms with Crippen LogP contribution in [0.1, 0.15) is 5.56 Å². The number of nitrogens with zero attached hydrogens (tertiary/aromatic N) is 2. The molecule has 0 radical (unpaired) electrons. The van der Waals surface area contributed by atoms with E-state index in [1.165, 1.54) is 18.5 Å². The van der Waals surface area contributed by atoms with Crippen LogP contribution in [0.5, 0.6) is 5.75 Å². The van der Waals surface area contributed by atoms with Crippen molar-refractivity contribution >= 4 is 22.3 Å². The standard InChI is InChI=1S/C17H16N4O4/c1-11-3-2-4-12(7-11)25-6-5-18-15-9-14-13(8-16(15)21(23)24)17(22)20-10-19-14/h2-4,7-10,18H,5-6H2,1H3,(H,19,20,22). The lowest BCUT2D eigenvalue weighted by Crippen LogP contribution is -2.13. The van der Waals surface area contributed by atoms with Gasteiger partial charge in [0, 0.05) is 12.6 Å². The third kappa shape index (κ3) is 3.74. The zero-order chi connectivity index (χ0) is 17.8. The SMILES string of the molecule is Cc1cccc(OCCNc2cc3nc[nH]c(=O)c3cc2[N+](=O)[O-])c1. The van der Waals surface area contributed by atoms with Crippen molar-refractivity contribution < 1.29 is 9.66 Å². The third-order valence-electron chi connectivity index (χ3n) is 3.63. The van der Waals surface area contributed by atoms with Crippen molar-refractivity contribution in [1.29, 1.82) is 0 Å². The number of hydrogen-bond donors (Lipinski definition) is 2. The van der Waals surface area contributed by atoms with Gasteiger partial charge in [-0.1, -0.05) is 12.1 Å². The number of H-pyrrole nitrogens is 1. The Morgan fingerprint density at radius 1 is 1.32 bits per heavy atom. The van der Waals surface area contributed by atoms with E-state index >= 15 is 0 Å². The maximum atomic E-state index is 11.8. The Labute approximate surface area is 142 Å². The number of aromatic amines is 1. The van der Waals surface area contributed by atoms with Crippen LogP contribution in [0.4, 0.5) is 11.4 Å². The molecule has 0 aliphatic heterocycles. The summed E-state index contributed by atoms with van der Waals surface area (Å²) in [6, 6.07) is 10.4. The first-order chi connectivity index (χ1) is 12.0. The largest absolute Gasteiger partial charge is 0.492 e. The van der Waals surface area contributed by atoms with Crippen LogP contribution in [0.25, 0.3) is 10.9 Å². The molecule has 128 valence electrons. The molecule has 0 saturated carbocycles. The monoisotopic (exact) mass is 340 g/mol. The van der Waals surface area contributed by atoms with Gasteiger partial charge in [-0.3, -0.25) is 14.9 Å². The van der Waals surface area contributed by atoms with Crippen molar-refractivity contribution in [3.63, 3.8) is 0 Å². The van der Waals surface area contributed by atoms with Crippen molar-refractivity contribution in [2.75, 3.05) is 18.5 Å². The van der Waals surface area contributed by atoms with Gasteiger partial charge in [0.15, 0.2) is 0 Å². The van der Waals surface area contributed by atoms with Crippen LogP contribution in [0.3, 0.4) is 0 Å². The molecule has 25 heavy (non-hydrogen) atoms. The van der Waals surface area contributed by atoms with Crippen LogP contribution < -0.4 is 15.6 Å². The highest BCUT2D eigenvalue weighted by Crippen LogP contribution is 2.27. The Kier molecular flexibility index (Phi) is 4.60. The van der Waals surface area contributed by atoms with E-state index in [9.17, 15) is 14.9 Å². The topological polar surface area (TPSA) is 110 Å². The number of nitro benzene ring substituents is 1. The summed E-state index contributed by atoms with van der Waals surface area (Å²) < 4.78 is 5.61. The van der Waals surface area contributed by atoms with E-state index in [4.69, 9.17) is 4.74 Å². The van der Waals surface area contributed by atoms with Gasteiger partial charge in [0.2, 0.25) is 0 Å². The lowest BCUT2D eigenvalue weighted by atomic mass is 10.2. The minimum Gasteiger partial charge on any atom is -0.492 e. The molecule has 1 aromatic heterocycles. The number of anilines is 1. The number of aromatic nitrogens is 2. The zero-order valence-electron chi connectivity index (χ0n) is 13.5. The summed E-state index contributed by atoms with van der Waals surface area (Å²) in [5.74, 6) is 0.739. The summed E-state index contributed by atoms with van der Waals surface area (Å²) >= 11 is 0. The predicted octanol–water partition coefficient (Wildman–Crippen LogP) is 2.63. The minimum absolute atomic E-state index is 0.177. The molecule has 1 heterocycles. The van der Waals surface area contributed by atoms with E-state index < -0.39 is 10.5 Å². The van der Waals surface area contributed by atoms with Crippen LogP contribution in [-0.2, 0) is 0 Å². The summed E-state index contributed by atoms with van der Waals surface area (Å²) in [6.07, 6.45) is 1.27. The first-order valence-electron chi connectivity index (χ1n) is 7.64. The first-order valence-corrected chi connectivity index (χ1v) is 7.64. The highest BCUT2D eigenvalue weighted by atomic mass is 16.6. The van der Waals surface area contributed by atoms with Gasteiger partial charge in [-0.05, 0) is 30.7 Å². The Morgan fingerprint density at radius 2 is 2.16 bits per heavy atom. The van der Waals surface area contributed by atoms with Crippen molar-refractivity contribution in [3.05, 3.63) is 68.8 Å². The summed E-state index contributed by atoms with van der Waals surface area (Å²) in [7, 11) is 0. The Morgan fingerprint density at radius 3 is 2.92 bits per heavy atom. The van der Waals surface area contributed by atoms with E-state index in [1.54, 1.807) is 0 Å². The number of ether oxygens (including phenoxy) is 1. The van der Waals surface area contributed by atoms with Crippen LogP contribution in [0.2, 0.25) is 0 Å². The van der Waals surface area contributed by atoms with Gasteiger partial charge < -0.3 is 15.0 Å². The molecule has 0 saturated heterocycles. The fourth-order valence-corrected chi connectivity index (χ4v) is 2.46. The van der Waals surface area contributed by atoms with Crippen molar-refractivity contribution in [1.82, 2.24) is 9.97 Å². The Hall–Kier alpha value is -3.42. The lowest BCUT2D eigenvalue weighted by molar-refractivity contribution is -0.383. The third-order valence-corrected chi connectivity index (χ3v) is 3.63. The summed E-state index contributed by atoms with van der Waals surface area (Å²) in [4.78, 5) is 28.9. The van der Waals surface area contributed by atoms with Gasteiger partial charge in [-0.2, -0.15) is 0 Å². The lowest BCUT2D eigenvalue weighted by Gasteiger charge is -2.10. The van der Waals surface area contributed by atoms with Crippen molar-refractivity contribution in [3.8, 4) is 5.75 Å². The molecule has 8 heteroatoms. The van der Waals surface area contributed by atoms with Gasteiger partial charge in [0.1, 0.15) is 18.0 Å². The summed E-state index contributed by atoms with van der Waals surface area (Å²) in [5, 5.41) is 14.4. The van der Waals surface area contributed by atoms with Crippen molar-refractivity contribution in [2.24, 2.45) is 0 Å². The minimum atomic E-state index is -0.532. The molecule has 0 amide bonds. The Balaban J connectivity index is 1.75. The molecular weight excluding hydrogens is 324 g/mol. The highest BCUT2D eigenvalue weighted by molar-refractivity contribution is 5.86. The van der Waals surface area contributed by atoms with Crippen LogP contribution >= 0.6 is 0 Å². The summed E-state index contributed by atoms with van der Waals surface area (Å²) in [6.45, 7) is 2.67. The van der Waals surface area contributed by atoms with Crippen LogP contribution in [0, 0.1) is 17.0 Å². The van der Waals surface area contributed by atoms with Gasteiger partial charge in [-0.15, -0.1) is 0 Å². The van der Waals surface area contributed by atoms with E-state index in [1.807, 2.05) is 31.2 Å². The number of aryl methyl sites for hydroxylation is 1. The van der Waals surface area contributed by atoms with Crippen LogP contribution in [-0.4, -0.2) is 28.0 Å². The number of nitro groups is 1. The molecule has 0 unspecified atom stereocenters. The van der Waals surface area contributed by atoms with E-state index in [0.717, 1.165) is 11.3 Å². The molecule has 0 fully saturated rings. The normalized spacial score (nSPS) is 10.6. The number of benzene rings is 2.